The van der Waals surface area contributed by atoms with Gasteiger partial charge in [-0.25, -0.2) is 0 Å². The predicted octanol–water partition coefficient (Wildman–Crippen LogP) is 4.45. The Morgan fingerprint density at radius 2 is 1.86 bits per heavy atom. The van der Waals surface area contributed by atoms with E-state index in [-0.39, 0.29) is 6.04 Å². The fourth-order valence-electron chi connectivity index (χ4n) is 2.80. The van der Waals surface area contributed by atoms with Crippen LogP contribution < -0.4 is 10.2 Å². The normalized spacial score (nSPS) is 18.8. The van der Waals surface area contributed by atoms with Gasteiger partial charge < -0.3 is 10.2 Å². The number of hydrogen-bond acceptors (Lipinski definition) is 2. The maximum absolute atomic E-state index is 6.40. The molecule has 1 heterocycles. The molecule has 0 aliphatic carbocycles. The van der Waals surface area contributed by atoms with Gasteiger partial charge in [-0.2, -0.15) is 0 Å². The summed E-state index contributed by atoms with van der Waals surface area (Å²) in [6.07, 6.45) is 0. The van der Waals surface area contributed by atoms with Gasteiger partial charge in [-0.15, -0.1) is 0 Å². The molecule has 1 saturated heterocycles. The number of rotatable bonds is 2. The van der Waals surface area contributed by atoms with Gasteiger partial charge in [-0.05, 0) is 36.8 Å². The Labute approximate surface area is 135 Å². The lowest BCUT2D eigenvalue weighted by atomic mass is 10.0. The van der Waals surface area contributed by atoms with Crippen molar-refractivity contribution >= 4 is 28.9 Å². The average molecular weight is 321 g/mol. The summed E-state index contributed by atoms with van der Waals surface area (Å²) in [7, 11) is 0. The van der Waals surface area contributed by atoms with E-state index in [0.717, 1.165) is 30.2 Å². The molecule has 3 rings (SSSR count). The SMILES string of the molecule is Cc1ccc(N2CCNCC2c2ccc(Cl)cc2Cl)cc1. The molecule has 21 heavy (non-hydrogen) atoms. The standard InChI is InChI=1S/C17H18Cl2N2/c1-12-2-5-14(6-3-12)21-9-8-20-11-17(21)15-7-4-13(18)10-16(15)19/h2-7,10,17,20H,8-9,11H2,1H3. The molecule has 0 saturated carbocycles. The molecule has 1 N–H and O–H groups in total. The van der Waals surface area contributed by atoms with Crippen molar-refractivity contribution in [2.75, 3.05) is 24.5 Å². The molecule has 1 aliphatic rings. The van der Waals surface area contributed by atoms with Gasteiger partial charge >= 0.3 is 0 Å². The van der Waals surface area contributed by atoms with Crippen LogP contribution >= 0.6 is 23.2 Å². The number of aryl methyl sites for hydroxylation is 1. The lowest BCUT2D eigenvalue weighted by Crippen LogP contribution is -2.46. The summed E-state index contributed by atoms with van der Waals surface area (Å²) >= 11 is 12.4. The second kappa shape index (κ2) is 6.27. The van der Waals surface area contributed by atoms with E-state index in [1.54, 1.807) is 0 Å². The predicted molar refractivity (Wildman–Crippen MR) is 90.6 cm³/mol. The van der Waals surface area contributed by atoms with Gasteiger partial charge in [0.25, 0.3) is 0 Å². The summed E-state index contributed by atoms with van der Waals surface area (Å²) in [5, 5.41) is 4.86. The monoisotopic (exact) mass is 320 g/mol. The molecular formula is C17H18Cl2N2. The maximum atomic E-state index is 6.40. The molecule has 0 amide bonds. The summed E-state index contributed by atoms with van der Waals surface area (Å²) < 4.78 is 0. The molecule has 2 aromatic rings. The largest absolute Gasteiger partial charge is 0.362 e. The third-order valence-corrected chi connectivity index (χ3v) is 4.49. The highest BCUT2D eigenvalue weighted by molar-refractivity contribution is 6.35. The first-order valence-corrected chi connectivity index (χ1v) is 7.90. The van der Waals surface area contributed by atoms with Crippen molar-refractivity contribution < 1.29 is 0 Å². The molecule has 1 fully saturated rings. The highest BCUT2D eigenvalue weighted by Crippen LogP contribution is 2.33. The van der Waals surface area contributed by atoms with Gasteiger partial charge in [0, 0.05) is 35.4 Å². The van der Waals surface area contributed by atoms with Crippen LogP contribution in [0.1, 0.15) is 17.2 Å². The number of benzene rings is 2. The zero-order valence-corrected chi connectivity index (χ0v) is 13.5. The lowest BCUT2D eigenvalue weighted by molar-refractivity contribution is 0.490. The minimum absolute atomic E-state index is 0.228. The van der Waals surface area contributed by atoms with Crippen LogP contribution in [0.2, 0.25) is 10.0 Å². The van der Waals surface area contributed by atoms with E-state index in [1.165, 1.54) is 11.3 Å². The van der Waals surface area contributed by atoms with E-state index < -0.39 is 0 Å². The van der Waals surface area contributed by atoms with Crippen LogP contribution in [0.5, 0.6) is 0 Å². The zero-order valence-electron chi connectivity index (χ0n) is 11.9. The highest BCUT2D eigenvalue weighted by atomic mass is 35.5. The van der Waals surface area contributed by atoms with Crippen molar-refractivity contribution in [1.29, 1.82) is 0 Å². The summed E-state index contributed by atoms with van der Waals surface area (Å²) in [4.78, 5) is 2.41. The molecule has 1 aliphatic heterocycles. The first-order chi connectivity index (χ1) is 10.1. The van der Waals surface area contributed by atoms with Crippen molar-refractivity contribution in [1.82, 2.24) is 5.32 Å². The van der Waals surface area contributed by atoms with Gasteiger partial charge in [0.15, 0.2) is 0 Å². The van der Waals surface area contributed by atoms with Gasteiger partial charge in [0.2, 0.25) is 0 Å². The van der Waals surface area contributed by atoms with Crippen molar-refractivity contribution in [3.63, 3.8) is 0 Å². The van der Waals surface area contributed by atoms with E-state index in [0.29, 0.717) is 5.02 Å². The molecule has 2 nitrogen and oxygen atoms in total. The fraction of sp³-hybridized carbons (Fsp3) is 0.294. The van der Waals surface area contributed by atoms with Crippen LogP contribution in [-0.4, -0.2) is 19.6 Å². The molecule has 0 radical (unpaired) electrons. The molecular weight excluding hydrogens is 303 g/mol. The van der Waals surface area contributed by atoms with E-state index in [4.69, 9.17) is 23.2 Å². The average Bonchev–Trinajstić information content (AvgIpc) is 2.48. The molecule has 2 aromatic carbocycles. The highest BCUT2D eigenvalue weighted by Gasteiger charge is 2.25. The van der Waals surface area contributed by atoms with E-state index in [9.17, 15) is 0 Å². The first kappa shape index (κ1) is 14.7. The maximum Gasteiger partial charge on any atom is 0.0682 e. The summed E-state index contributed by atoms with van der Waals surface area (Å²) in [5.74, 6) is 0. The van der Waals surface area contributed by atoms with Crippen molar-refractivity contribution in [3.05, 3.63) is 63.6 Å². The number of hydrogen-bond donors (Lipinski definition) is 1. The van der Waals surface area contributed by atoms with Gasteiger partial charge in [0.1, 0.15) is 0 Å². The Kier molecular flexibility index (Phi) is 4.39. The quantitative estimate of drug-likeness (QED) is 0.879. The number of piperazine rings is 1. The van der Waals surface area contributed by atoms with Crippen molar-refractivity contribution in [3.8, 4) is 0 Å². The van der Waals surface area contributed by atoms with Crippen molar-refractivity contribution in [2.45, 2.75) is 13.0 Å². The molecule has 0 spiro atoms. The van der Waals surface area contributed by atoms with E-state index >= 15 is 0 Å². The van der Waals surface area contributed by atoms with Gasteiger partial charge in [0.05, 0.1) is 6.04 Å². The fourth-order valence-corrected chi connectivity index (χ4v) is 3.33. The van der Waals surface area contributed by atoms with E-state index in [2.05, 4.69) is 41.4 Å². The Bertz CT molecular complexity index is 625. The summed E-state index contributed by atoms with van der Waals surface area (Å²) in [6, 6.07) is 14.6. The van der Waals surface area contributed by atoms with Gasteiger partial charge in [-0.3, -0.25) is 0 Å². The Hall–Kier alpha value is -1.22. The number of anilines is 1. The van der Waals surface area contributed by atoms with Gasteiger partial charge in [-0.1, -0.05) is 47.0 Å². The number of halogens is 2. The van der Waals surface area contributed by atoms with Crippen LogP contribution in [0.3, 0.4) is 0 Å². The topological polar surface area (TPSA) is 15.3 Å². The smallest absolute Gasteiger partial charge is 0.0682 e. The Balaban J connectivity index is 1.96. The van der Waals surface area contributed by atoms with Crippen LogP contribution in [0.4, 0.5) is 5.69 Å². The number of nitrogens with zero attached hydrogens (tertiary/aromatic N) is 1. The van der Waals surface area contributed by atoms with Crippen LogP contribution in [-0.2, 0) is 0 Å². The summed E-state index contributed by atoms with van der Waals surface area (Å²) in [5.41, 5.74) is 3.63. The lowest BCUT2D eigenvalue weighted by Gasteiger charge is -2.38. The zero-order chi connectivity index (χ0) is 14.8. The molecule has 1 unspecified atom stereocenters. The molecule has 0 aromatic heterocycles. The first-order valence-electron chi connectivity index (χ1n) is 7.14. The summed E-state index contributed by atoms with van der Waals surface area (Å²) in [6.45, 7) is 4.94. The third kappa shape index (κ3) is 3.18. The van der Waals surface area contributed by atoms with Crippen LogP contribution in [0.15, 0.2) is 42.5 Å². The number of nitrogens with one attached hydrogen (secondary N) is 1. The molecule has 4 heteroatoms. The van der Waals surface area contributed by atoms with Crippen LogP contribution in [0, 0.1) is 6.92 Å². The van der Waals surface area contributed by atoms with Crippen molar-refractivity contribution in [2.24, 2.45) is 0 Å². The Morgan fingerprint density at radius 3 is 2.57 bits per heavy atom. The minimum atomic E-state index is 0.228. The van der Waals surface area contributed by atoms with E-state index in [1.807, 2.05) is 18.2 Å². The minimum Gasteiger partial charge on any atom is -0.362 e. The van der Waals surface area contributed by atoms with Crippen LogP contribution in [0.25, 0.3) is 0 Å². The Morgan fingerprint density at radius 1 is 1.10 bits per heavy atom. The molecule has 110 valence electrons. The molecule has 1 atom stereocenters. The second-order valence-electron chi connectivity index (χ2n) is 5.41. The third-order valence-electron chi connectivity index (χ3n) is 3.93. The second-order valence-corrected chi connectivity index (χ2v) is 6.26. The molecule has 0 bridgehead atoms.